The summed E-state index contributed by atoms with van der Waals surface area (Å²) < 4.78 is 0. The molecule has 0 fully saturated rings. The van der Waals surface area contributed by atoms with E-state index >= 15 is 0 Å². The molecule has 2 aromatic rings. The third-order valence-electron chi connectivity index (χ3n) is 3.18. The summed E-state index contributed by atoms with van der Waals surface area (Å²) in [7, 11) is 1.91. The Morgan fingerprint density at radius 1 is 1.29 bits per heavy atom. The summed E-state index contributed by atoms with van der Waals surface area (Å²) >= 11 is 0. The third kappa shape index (κ3) is 4.02. The predicted molar refractivity (Wildman–Crippen MR) is 81.5 cm³/mol. The summed E-state index contributed by atoms with van der Waals surface area (Å²) in [6, 6.07) is 7.13. The number of nitrogens with zero attached hydrogens (tertiary/aromatic N) is 3. The molecule has 0 aliphatic rings. The Balaban J connectivity index is 2.26. The SMILES string of the molecule is CCCc1cc(C(=O)O)cc(N(C)Cc2ccncc2)n1. The first-order valence-electron chi connectivity index (χ1n) is 6.94. The maximum Gasteiger partial charge on any atom is 0.335 e. The van der Waals surface area contributed by atoms with Crippen LogP contribution in [0.2, 0.25) is 0 Å². The zero-order valence-electron chi connectivity index (χ0n) is 12.3. The number of aromatic carboxylic acids is 1. The van der Waals surface area contributed by atoms with Gasteiger partial charge in [0, 0.05) is 31.7 Å². The van der Waals surface area contributed by atoms with Crippen LogP contribution in [0.25, 0.3) is 0 Å². The van der Waals surface area contributed by atoms with Gasteiger partial charge in [-0.05, 0) is 36.2 Å². The first-order chi connectivity index (χ1) is 10.1. The second-order valence-electron chi connectivity index (χ2n) is 4.97. The smallest absolute Gasteiger partial charge is 0.335 e. The van der Waals surface area contributed by atoms with E-state index in [-0.39, 0.29) is 5.56 Å². The predicted octanol–water partition coefficient (Wildman–Crippen LogP) is 2.76. The van der Waals surface area contributed by atoms with Crippen molar-refractivity contribution in [2.24, 2.45) is 0 Å². The molecular weight excluding hydrogens is 266 g/mol. The van der Waals surface area contributed by atoms with Crippen molar-refractivity contribution in [3.63, 3.8) is 0 Å². The molecule has 0 bridgehead atoms. The number of hydrogen-bond donors (Lipinski definition) is 1. The second-order valence-corrected chi connectivity index (χ2v) is 4.97. The van der Waals surface area contributed by atoms with Crippen LogP contribution in [0, 0.1) is 0 Å². The first kappa shape index (κ1) is 15.0. The standard InChI is InChI=1S/C16H19N3O2/c1-3-4-14-9-13(16(20)21)10-15(18-14)19(2)11-12-5-7-17-8-6-12/h5-10H,3-4,11H2,1-2H3,(H,20,21). The molecule has 0 aromatic carbocycles. The summed E-state index contributed by atoms with van der Waals surface area (Å²) in [5.74, 6) is -0.247. The van der Waals surface area contributed by atoms with Crippen LogP contribution in [-0.2, 0) is 13.0 Å². The van der Waals surface area contributed by atoms with Gasteiger partial charge in [-0.15, -0.1) is 0 Å². The van der Waals surface area contributed by atoms with E-state index in [1.807, 2.05) is 24.1 Å². The lowest BCUT2D eigenvalue weighted by molar-refractivity contribution is 0.0696. The van der Waals surface area contributed by atoms with E-state index in [0.29, 0.717) is 12.4 Å². The molecular formula is C16H19N3O2. The summed E-state index contributed by atoms with van der Waals surface area (Å²) in [5, 5.41) is 9.22. The second kappa shape index (κ2) is 6.83. The average molecular weight is 285 g/mol. The highest BCUT2D eigenvalue weighted by atomic mass is 16.4. The molecule has 0 aliphatic heterocycles. The van der Waals surface area contributed by atoms with Crippen LogP contribution in [0.4, 0.5) is 5.82 Å². The van der Waals surface area contributed by atoms with Gasteiger partial charge < -0.3 is 10.0 Å². The van der Waals surface area contributed by atoms with Gasteiger partial charge in [-0.25, -0.2) is 9.78 Å². The number of carboxylic acid groups (broad SMARTS) is 1. The van der Waals surface area contributed by atoms with Crippen molar-refractivity contribution >= 4 is 11.8 Å². The minimum atomic E-state index is -0.923. The molecule has 5 nitrogen and oxygen atoms in total. The molecule has 0 radical (unpaired) electrons. The molecule has 110 valence electrons. The lowest BCUT2D eigenvalue weighted by Gasteiger charge is -2.19. The van der Waals surface area contributed by atoms with Crippen molar-refractivity contribution in [3.8, 4) is 0 Å². The number of aryl methyl sites for hydroxylation is 1. The Hall–Kier alpha value is -2.43. The van der Waals surface area contributed by atoms with Crippen LogP contribution >= 0.6 is 0 Å². The van der Waals surface area contributed by atoms with Crippen LogP contribution in [0.5, 0.6) is 0 Å². The molecule has 0 aliphatic carbocycles. The minimum absolute atomic E-state index is 0.282. The molecule has 0 saturated heterocycles. The molecule has 2 heterocycles. The highest BCUT2D eigenvalue weighted by molar-refractivity contribution is 5.88. The fraction of sp³-hybridized carbons (Fsp3) is 0.312. The van der Waals surface area contributed by atoms with Crippen LogP contribution in [-0.4, -0.2) is 28.1 Å². The van der Waals surface area contributed by atoms with Crippen LogP contribution in [0.15, 0.2) is 36.7 Å². The van der Waals surface area contributed by atoms with Gasteiger partial charge in [0.15, 0.2) is 0 Å². The summed E-state index contributed by atoms with van der Waals surface area (Å²) in [4.78, 5) is 21.7. The van der Waals surface area contributed by atoms with E-state index in [2.05, 4.69) is 16.9 Å². The third-order valence-corrected chi connectivity index (χ3v) is 3.18. The Kier molecular flexibility index (Phi) is 4.87. The molecule has 2 aromatic heterocycles. The monoisotopic (exact) mass is 285 g/mol. The van der Waals surface area contributed by atoms with Crippen molar-refractivity contribution in [2.45, 2.75) is 26.3 Å². The summed E-state index contributed by atoms with van der Waals surface area (Å²) in [5.41, 5.74) is 2.20. The van der Waals surface area contributed by atoms with Crippen molar-refractivity contribution < 1.29 is 9.90 Å². The van der Waals surface area contributed by atoms with Crippen LogP contribution in [0.3, 0.4) is 0 Å². The van der Waals surface area contributed by atoms with Gasteiger partial charge in [0.05, 0.1) is 5.56 Å². The van der Waals surface area contributed by atoms with Gasteiger partial charge in [-0.2, -0.15) is 0 Å². The van der Waals surface area contributed by atoms with Gasteiger partial charge in [-0.3, -0.25) is 4.98 Å². The fourth-order valence-electron chi connectivity index (χ4n) is 2.12. The van der Waals surface area contributed by atoms with E-state index in [9.17, 15) is 9.90 Å². The summed E-state index contributed by atoms with van der Waals surface area (Å²) in [6.45, 7) is 2.71. The van der Waals surface area contributed by atoms with E-state index in [0.717, 1.165) is 24.1 Å². The van der Waals surface area contributed by atoms with Gasteiger partial charge >= 0.3 is 5.97 Å². The highest BCUT2D eigenvalue weighted by Gasteiger charge is 2.11. The molecule has 0 unspecified atom stereocenters. The van der Waals surface area contributed by atoms with Crippen molar-refractivity contribution in [1.82, 2.24) is 9.97 Å². The van der Waals surface area contributed by atoms with Crippen LogP contribution in [0.1, 0.15) is 35.0 Å². The molecule has 0 atom stereocenters. The minimum Gasteiger partial charge on any atom is -0.478 e. The number of hydrogen-bond acceptors (Lipinski definition) is 4. The fourth-order valence-corrected chi connectivity index (χ4v) is 2.12. The van der Waals surface area contributed by atoms with Gasteiger partial charge in [-0.1, -0.05) is 13.3 Å². The number of carboxylic acids is 1. The van der Waals surface area contributed by atoms with E-state index in [4.69, 9.17) is 0 Å². The Labute approximate surface area is 124 Å². The molecule has 0 amide bonds. The van der Waals surface area contributed by atoms with Crippen molar-refractivity contribution in [2.75, 3.05) is 11.9 Å². The van der Waals surface area contributed by atoms with Gasteiger partial charge in [0.25, 0.3) is 0 Å². The molecule has 5 heteroatoms. The first-order valence-corrected chi connectivity index (χ1v) is 6.94. The number of rotatable bonds is 6. The Morgan fingerprint density at radius 3 is 2.62 bits per heavy atom. The van der Waals surface area contributed by atoms with E-state index in [1.54, 1.807) is 24.5 Å². The average Bonchev–Trinajstić information content (AvgIpc) is 2.48. The largest absolute Gasteiger partial charge is 0.478 e. The Morgan fingerprint density at radius 2 is 2.00 bits per heavy atom. The zero-order chi connectivity index (χ0) is 15.2. The molecule has 2 rings (SSSR count). The highest BCUT2D eigenvalue weighted by Crippen LogP contribution is 2.17. The number of aromatic nitrogens is 2. The topological polar surface area (TPSA) is 66.3 Å². The van der Waals surface area contributed by atoms with Crippen molar-refractivity contribution in [1.29, 1.82) is 0 Å². The quantitative estimate of drug-likeness (QED) is 0.884. The Bertz CT molecular complexity index is 614. The lowest BCUT2D eigenvalue weighted by atomic mass is 10.1. The van der Waals surface area contributed by atoms with Gasteiger partial charge in [0.1, 0.15) is 5.82 Å². The molecule has 0 spiro atoms. The van der Waals surface area contributed by atoms with Gasteiger partial charge in [0.2, 0.25) is 0 Å². The lowest BCUT2D eigenvalue weighted by Crippen LogP contribution is -2.19. The van der Waals surface area contributed by atoms with E-state index in [1.165, 1.54) is 0 Å². The summed E-state index contributed by atoms with van der Waals surface area (Å²) in [6.07, 6.45) is 5.19. The maximum absolute atomic E-state index is 11.2. The number of pyridine rings is 2. The molecule has 1 N–H and O–H groups in total. The number of anilines is 1. The molecule has 0 saturated carbocycles. The van der Waals surface area contributed by atoms with E-state index < -0.39 is 5.97 Å². The normalized spacial score (nSPS) is 10.4. The van der Waals surface area contributed by atoms with Crippen LogP contribution < -0.4 is 4.90 Å². The molecule has 21 heavy (non-hydrogen) atoms. The van der Waals surface area contributed by atoms with Crippen molar-refractivity contribution in [3.05, 3.63) is 53.5 Å². The number of carbonyl (C=O) groups is 1. The zero-order valence-corrected chi connectivity index (χ0v) is 12.3. The maximum atomic E-state index is 11.2.